The summed E-state index contributed by atoms with van der Waals surface area (Å²) >= 11 is 0. The first kappa shape index (κ1) is 23.7. The molecule has 0 spiro atoms. The number of hydrogen-bond donors (Lipinski definition) is 1. The Bertz CT molecular complexity index is 1060. The highest BCUT2D eigenvalue weighted by molar-refractivity contribution is 6.02. The molecule has 1 aliphatic heterocycles. The minimum absolute atomic E-state index is 0.0399. The monoisotopic (exact) mass is 445 g/mol. The zero-order valence-electron chi connectivity index (χ0n) is 18.6. The highest BCUT2D eigenvalue weighted by Gasteiger charge is 2.19. The van der Waals surface area contributed by atoms with Crippen LogP contribution in [0.5, 0.6) is 0 Å². The lowest BCUT2D eigenvalue weighted by Gasteiger charge is -2.35. The molecule has 1 heterocycles. The van der Waals surface area contributed by atoms with E-state index in [1.807, 2.05) is 12.1 Å². The predicted octanol–water partition coefficient (Wildman–Crippen LogP) is 3.49. The summed E-state index contributed by atoms with van der Waals surface area (Å²) in [5.41, 5.74) is 2.73. The third kappa shape index (κ3) is 6.49. The molecule has 1 saturated heterocycles. The number of piperazine rings is 1. The zero-order chi connectivity index (χ0) is 23.8. The molecule has 0 saturated carbocycles. The van der Waals surface area contributed by atoms with Crippen LogP contribution in [0.4, 0.5) is 11.4 Å². The molecule has 1 N–H and O–H groups in total. The molecule has 2 amide bonds. The zero-order valence-corrected chi connectivity index (χ0v) is 18.6. The van der Waals surface area contributed by atoms with Gasteiger partial charge in [-0.3, -0.25) is 19.2 Å². The largest absolute Gasteiger partial charge is 0.368 e. The smallest absolute Gasteiger partial charge is 0.248 e. The molecule has 0 unspecified atom stereocenters. The van der Waals surface area contributed by atoms with Crippen LogP contribution in [-0.2, 0) is 9.59 Å². The van der Waals surface area contributed by atoms with Gasteiger partial charge in [0.15, 0.2) is 11.6 Å². The molecule has 2 aromatic carbocycles. The highest BCUT2D eigenvalue weighted by atomic mass is 16.2. The normalized spacial score (nSPS) is 13.6. The molecule has 3 rings (SSSR count). The maximum atomic E-state index is 12.4. The van der Waals surface area contributed by atoms with Gasteiger partial charge in [-0.2, -0.15) is 0 Å². The van der Waals surface area contributed by atoms with Crippen molar-refractivity contribution in [2.24, 2.45) is 0 Å². The van der Waals surface area contributed by atoms with E-state index in [0.29, 0.717) is 29.9 Å². The number of rotatable bonds is 8. The van der Waals surface area contributed by atoms with Gasteiger partial charge in [0.1, 0.15) is 0 Å². The number of amides is 2. The fourth-order valence-electron chi connectivity index (χ4n) is 3.54. The van der Waals surface area contributed by atoms with Crippen LogP contribution in [0.25, 0.3) is 0 Å². The molecular formula is C26H27N3O4. The second-order valence-electron chi connectivity index (χ2n) is 7.72. The van der Waals surface area contributed by atoms with Gasteiger partial charge in [0, 0.05) is 55.1 Å². The van der Waals surface area contributed by atoms with Crippen molar-refractivity contribution >= 4 is 34.8 Å². The minimum Gasteiger partial charge on any atom is -0.368 e. The number of allylic oxidation sites excluding steroid dienone is 1. The van der Waals surface area contributed by atoms with Crippen molar-refractivity contribution in [1.82, 2.24) is 4.90 Å². The quantitative estimate of drug-likeness (QED) is 0.497. The van der Waals surface area contributed by atoms with E-state index in [1.165, 1.54) is 25.2 Å². The van der Waals surface area contributed by atoms with Crippen LogP contribution in [0.15, 0.2) is 73.3 Å². The van der Waals surface area contributed by atoms with E-state index in [9.17, 15) is 19.2 Å². The van der Waals surface area contributed by atoms with Crippen LogP contribution < -0.4 is 10.2 Å². The summed E-state index contributed by atoms with van der Waals surface area (Å²) in [4.78, 5) is 51.4. The molecule has 2 aromatic rings. The third-order valence-electron chi connectivity index (χ3n) is 5.45. The Morgan fingerprint density at radius 2 is 1.52 bits per heavy atom. The molecule has 1 aliphatic rings. The summed E-state index contributed by atoms with van der Waals surface area (Å²) in [6.45, 7) is 7.73. The van der Waals surface area contributed by atoms with E-state index in [4.69, 9.17) is 0 Å². The van der Waals surface area contributed by atoms with Crippen molar-refractivity contribution in [2.75, 3.05) is 36.4 Å². The molecule has 0 radical (unpaired) electrons. The number of carbonyl (C=O) groups excluding carboxylic acids is 4. The summed E-state index contributed by atoms with van der Waals surface area (Å²) < 4.78 is 0. The van der Waals surface area contributed by atoms with Crippen molar-refractivity contribution in [3.63, 3.8) is 0 Å². The van der Waals surface area contributed by atoms with Crippen LogP contribution in [0.3, 0.4) is 0 Å². The average molecular weight is 446 g/mol. The van der Waals surface area contributed by atoms with Gasteiger partial charge in [-0.15, -0.1) is 0 Å². The number of Topliss-reactive ketones (excluding diaryl/α,β-unsaturated/α-hetero) is 2. The van der Waals surface area contributed by atoms with Gasteiger partial charge in [0.05, 0.1) is 0 Å². The maximum absolute atomic E-state index is 12.4. The summed E-state index contributed by atoms with van der Waals surface area (Å²) in [5.74, 6) is -0.522. The third-order valence-corrected chi connectivity index (χ3v) is 5.45. The number of nitrogens with zero attached hydrogens (tertiary/aromatic N) is 2. The Labute approximate surface area is 193 Å². The lowest BCUT2D eigenvalue weighted by Crippen LogP contribution is -2.48. The first-order valence-electron chi connectivity index (χ1n) is 10.8. The summed E-state index contributed by atoms with van der Waals surface area (Å²) in [5, 5.41) is 2.70. The van der Waals surface area contributed by atoms with Gasteiger partial charge in [-0.25, -0.2) is 0 Å². The van der Waals surface area contributed by atoms with Crippen LogP contribution in [0, 0.1) is 0 Å². The molecule has 33 heavy (non-hydrogen) atoms. The predicted molar refractivity (Wildman–Crippen MR) is 129 cm³/mol. The second kappa shape index (κ2) is 11.0. The number of ketones is 2. The van der Waals surface area contributed by atoms with Crippen molar-refractivity contribution in [1.29, 1.82) is 0 Å². The lowest BCUT2D eigenvalue weighted by atomic mass is 10.1. The van der Waals surface area contributed by atoms with Gasteiger partial charge in [-0.05, 0) is 67.6 Å². The first-order chi connectivity index (χ1) is 15.9. The van der Waals surface area contributed by atoms with E-state index < -0.39 is 0 Å². The fraction of sp³-hybridized carbons (Fsp3) is 0.231. The van der Waals surface area contributed by atoms with E-state index in [-0.39, 0.29) is 29.8 Å². The fourth-order valence-corrected chi connectivity index (χ4v) is 3.54. The topological polar surface area (TPSA) is 86.8 Å². The molecular weight excluding hydrogens is 418 g/mol. The van der Waals surface area contributed by atoms with Gasteiger partial charge in [0.25, 0.3) is 0 Å². The van der Waals surface area contributed by atoms with Crippen molar-refractivity contribution in [2.45, 2.75) is 13.3 Å². The number of hydrogen-bond acceptors (Lipinski definition) is 5. The molecule has 0 atom stereocenters. The summed E-state index contributed by atoms with van der Waals surface area (Å²) in [6, 6.07) is 14.0. The Hall–Kier alpha value is -4.00. The van der Waals surface area contributed by atoms with Crippen LogP contribution in [-0.4, -0.2) is 54.5 Å². The summed E-state index contributed by atoms with van der Waals surface area (Å²) in [7, 11) is 0. The van der Waals surface area contributed by atoms with E-state index in [1.54, 1.807) is 41.3 Å². The highest BCUT2D eigenvalue weighted by Crippen LogP contribution is 2.18. The van der Waals surface area contributed by atoms with Crippen LogP contribution >= 0.6 is 0 Å². The van der Waals surface area contributed by atoms with Gasteiger partial charge in [0.2, 0.25) is 11.8 Å². The molecule has 1 fully saturated rings. The molecule has 7 heteroatoms. The standard InChI is InChI=1S/C26H27N3O4/c1-3-26(33)29-17-15-28(16-18-29)23-13-9-21(10-14-23)24(31)5-4-6-25(32)27-22-11-7-20(8-12-22)19(2)30/h3-4,6-14H,1,5,15-18H2,2H3,(H,27,32)/b6-4+. The molecule has 7 nitrogen and oxygen atoms in total. The molecule has 0 aromatic heterocycles. The number of carbonyl (C=O) groups is 4. The Balaban J connectivity index is 1.47. The molecule has 0 bridgehead atoms. The number of nitrogens with one attached hydrogen (secondary N) is 1. The first-order valence-corrected chi connectivity index (χ1v) is 10.8. The average Bonchev–Trinajstić information content (AvgIpc) is 2.84. The van der Waals surface area contributed by atoms with Crippen molar-refractivity contribution in [3.05, 3.63) is 84.5 Å². The lowest BCUT2D eigenvalue weighted by molar-refractivity contribution is -0.126. The molecule has 0 aliphatic carbocycles. The summed E-state index contributed by atoms with van der Waals surface area (Å²) in [6.07, 6.45) is 4.31. The SMILES string of the molecule is C=CC(=O)N1CCN(c2ccc(C(=O)C/C=C/C(=O)Nc3ccc(C(C)=O)cc3)cc2)CC1. The van der Waals surface area contributed by atoms with Crippen LogP contribution in [0.2, 0.25) is 0 Å². The van der Waals surface area contributed by atoms with E-state index in [2.05, 4.69) is 16.8 Å². The van der Waals surface area contributed by atoms with E-state index in [0.717, 1.165) is 18.8 Å². The number of benzene rings is 2. The van der Waals surface area contributed by atoms with E-state index >= 15 is 0 Å². The second-order valence-corrected chi connectivity index (χ2v) is 7.72. The van der Waals surface area contributed by atoms with Crippen molar-refractivity contribution < 1.29 is 19.2 Å². The van der Waals surface area contributed by atoms with Crippen molar-refractivity contribution in [3.8, 4) is 0 Å². The van der Waals surface area contributed by atoms with Gasteiger partial charge in [-0.1, -0.05) is 12.7 Å². The Morgan fingerprint density at radius 3 is 2.09 bits per heavy atom. The van der Waals surface area contributed by atoms with Crippen LogP contribution in [0.1, 0.15) is 34.1 Å². The Kier molecular flexibility index (Phi) is 7.91. The minimum atomic E-state index is -0.345. The maximum Gasteiger partial charge on any atom is 0.248 e. The Morgan fingerprint density at radius 1 is 0.909 bits per heavy atom. The van der Waals surface area contributed by atoms with Gasteiger partial charge >= 0.3 is 0 Å². The molecule has 170 valence electrons. The number of anilines is 2. The van der Waals surface area contributed by atoms with Gasteiger partial charge < -0.3 is 15.1 Å².